The Morgan fingerprint density at radius 1 is 0.889 bits per heavy atom. The quantitative estimate of drug-likeness (QED) is 0.508. The average molecular weight is 394 g/mol. The van der Waals surface area contributed by atoms with Crippen LogP contribution in [0, 0.1) is 0 Å². The van der Waals surface area contributed by atoms with Gasteiger partial charge >= 0.3 is 18.7 Å². The van der Waals surface area contributed by atoms with E-state index in [0.717, 1.165) is 30.3 Å². The minimum atomic E-state index is -5.04. The zero-order valence-electron chi connectivity index (χ0n) is 13.6. The van der Waals surface area contributed by atoms with Gasteiger partial charge in [0.25, 0.3) is 0 Å². The fourth-order valence-electron chi connectivity index (χ4n) is 2.16. The summed E-state index contributed by atoms with van der Waals surface area (Å²) in [6, 6.07) is 7.83. The second-order valence-electron chi connectivity index (χ2n) is 5.05. The Morgan fingerprint density at radius 2 is 1.52 bits per heavy atom. The summed E-state index contributed by atoms with van der Waals surface area (Å²) >= 11 is 0. The second kappa shape index (κ2) is 7.77. The largest absolute Gasteiger partial charge is 0.573 e. The van der Waals surface area contributed by atoms with E-state index in [0.29, 0.717) is 0 Å². The highest BCUT2D eigenvalue weighted by atomic mass is 19.4. The Balaban J connectivity index is 2.45. The SMILES string of the molecule is CCOC(=O)c1cc(-c2cccc(OC(F)(F)F)c2)ccc1OC(F)(F)F. The summed E-state index contributed by atoms with van der Waals surface area (Å²) < 4.78 is 86.8. The van der Waals surface area contributed by atoms with Crippen molar-refractivity contribution in [1.29, 1.82) is 0 Å². The molecule has 27 heavy (non-hydrogen) atoms. The highest BCUT2D eigenvalue weighted by Gasteiger charge is 2.33. The van der Waals surface area contributed by atoms with Crippen molar-refractivity contribution in [3.8, 4) is 22.6 Å². The van der Waals surface area contributed by atoms with E-state index in [4.69, 9.17) is 4.74 Å². The number of ether oxygens (including phenoxy) is 3. The van der Waals surface area contributed by atoms with Gasteiger partial charge in [0.1, 0.15) is 17.1 Å². The number of rotatable bonds is 5. The molecule has 2 rings (SSSR count). The van der Waals surface area contributed by atoms with Crippen molar-refractivity contribution in [2.45, 2.75) is 19.6 Å². The molecule has 0 fully saturated rings. The van der Waals surface area contributed by atoms with E-state index >= 15 is 0 Å². The molecule has 0 amide bonds. The summed E-state index contributed by atoms with van der Waals surface area (Å²) in [5.74, 6) is -2.37. The van der Waals surface area contributed by atoms with Crippen molar-refractivity contribution in [1.82, 2.24) is 0 Å². The van der Waals surface area contributed by atoms with Crippen LogP contribution < -0.4 is 9.47 Å². The van der Waals surface area contributed by atoms with Crippen LogP contribution in [-0.4, -0.2) is 25.3 Å². The molecule has 0 radical (unpaired) electrons. The van der Waals surface area contributed by atoms with Crippen molar-refractivity contribution in [3.63, 3.8) is 0 Å². The molecule has 2 aromatic rings. The molecule has 146 valence electrons. The minimum absolute atomic E-state index is 0.0938. The molecule has 0 unspecified atom stereocenters. The molecule has 0 atom stereocenters. The summed E-state index contributed by atoms with van der Waals surface area (Å²) in [6.45, 7) is 1.37. The van der Waals surface area contributed by atoms with Crippen LogP contribution >= 0.6 is 0 Å². The Labute approximate surface area is 149 Å². The van der Waals surface area contributed by atoms with E-state index in [-0.39, 0.29) is 17.7 Å². The first kappa shape index (κ1) is 20.4. The number of esters is 1. The van der Waals surface area contributed by atoms with E-state index < -0.39 is 35.8 Å². The number of carbonyl (C=O) groups is 1. The van der Waals surface area contributed by atoms with Gasteiger partial charge < -0.3 is 14.2 Å². The van der Waals surface area contributed by atoms with Gasteiger partial charge in [-0.2, -0.15) is 0 Å². The zero-order valence-corrected chi connectivity index (χ0v) is 13.6. The summed E-state index contributed by atoms with van der Waals surface area (Å²) in [4.78, 5) is 11.9. The van der Waals surface area contributed by atoms with Crippen molar-refractivity contribution in [2.75, 3.05) is 6.61 Å². The number of halogens is 6. The Hall–Kier alpha value is -2.91. The molecule has 0 saturated carbocycles. The molecule has 0 aliphatic heterocycles. The molecule has 4 nitrogen and oxygen atoms in total. The molecule has 0 aliphatic carbocycles. The maximum absolute atomic E-state index is 12.5. The predicted octanol–water partition coefficient (Wildman–Crippen LogP) is 5.33. The molecule has 0 N–H and O–H groups in total. The monoisotopic (exact) mass is 394 g/mol. The van der Waals surface area contributed by atoms with Crippen LogP contribution in [0.5, 0.6) is 11.5 Å². The average Bonchev–Trinajstić information content (AvgIpc) is 2.52. The van der Waals surface area contributed by atoms with Crippen LogP contribution in [-0.2, 0) is 4.74 Å². The predicted molar refractivity (Wildman–Crippen MR) is 81.2 cm³/mol. The molecule has 0 aromatic heterocycles. The third-order valence-corrected chi connectivity index (χ3v) is 3.10. The van der Waals surface area contributed by atoms with Gasteiger partial charge in [-0.15, -0.1) is 26.3 Å². The van der Waals surface area contributed by atoms with Crippen molar-refractivity contribution < 1.29 is 45.3 Å². The summed E-state index contributed by atoms with van der Waals surface area (Å²) in [7, 11) is 0. The fraction of sp³-hybridized carbons (Fsp3) is 0.235. The molecule has 0 spiro atoms. The van der Waals surface area contributed by atoms with Gasteiger partial charge in [0, 0.05) is 0 Å². The van der Waals surface area contributed by atoms with Gasteiger partial charge in [-0.1, -0.05) is 18.2 Å². The first-order valence-electron chi connectivity index (χ1n) is 7.41. The van der Waals surface area contributed by atoms with Crippen LogP contribution in [0.15, 0.2) is 42.5 Å². The van der Waals surface area contributed by atoms with Crippen LogP contribution in [0.1, 0.15) is 17.3 Å². The normalized spacial score (nSPS) is 11.8. The van der Waals surface area contributed by atoms with Crippen molar-refractivity contribution >= 4 is 5.97 Å². The molecule has 0 saturated heterocycles. The minimum Gasteiger partial charge on any atom is -0.462 e. The van der Waals surface area contributed by atoms with Gasteiger partial charge in [0.15, 0.2) is 0 Å². The Morgan fingerprint density at radius 3 is 2.11 bits per heavy atom. The lowest BCUT2D eigenvalue weighted by Crippen LogP contribution is -2.19. The second-order valence-corrected chi connectivity index (χ2v) is 5.05. The lowest BCUT2D eigenvalue weighted by molar-refractivity contribution is -0.275. The maximum Gasteiger partial charge on any atom is 0.573 e. The van der Waals surface area contributed by atoms with E-state index in [9.17, 15) is 31.1 Å². The number of hydrogen-bond acceptors (Lipinski definition) is 4. The number of hydrogen-bond donors (Lipinski definition) is 0. The molecule has 2 aromatic carbocycles. The smallest absolute Gasteiger partial charge is 0.462 e. The maximum atomic E-state index is 12.5. The number of alkyl halides is 6. The third kappa shape index (κ3) is 6.08. The fourth-order valence-corrected chi connectivity index (χ4v) is 2.16. The standard InChI is InChI=1S/C17H12F6O4/c1-2-25-15(24)13-9-11(6-7-14(13)27-17(21,22)23)10-4-3-5-12(8-10)26-16(18,19)20/h3-9H,2H2,1H3. The topological polar surface area (TPSA) is 44.8 Å². The van der Waals surface area contributed by atoms with Gasteiger partial charge in [0.05, 0.1) is 6.61 Å². The Kier molecular flexibility index (Phi) is 5.87. The molecule has 10 heteroatoms. The molecular weight excluding hydrogens is 382 g/mol. The van der Waals surface area contributed by atoms with E-state index in [1.54, 1.807) is 0 Å². The summed E-state index contributed by atoms with van der Waals surface area (Å²) in [5, 5.41) is 0. The first-order chi connectivity index (χ1) is 12.5. The van der Waals surface area contributed by atoms with Crippen molar-refractivity contribution in [3.05, 3.63) is 48.0 Å². The highest BCUT2D eigenvalue weighted by Crippen LogP contribution is 2.33. The van der Waals surface area contributed by atoms with Crippen LogP contribution in [0.25, 0.3) is 11.1 Å². The van der Waals surface area contributed by atoms with Crippen LogP contribution in [0.2, 0.25) is 0 Å². The van der Waals surface area contributed by atoms with E-state index in [1.165, 1.54) is 19.1 Å². The van der Waals surface area contributed by atoms with Crippen molar-refractivity contribution in [2.24, 2.45) is 0 Å². The van der Waals surface area contributed by atoms with Gasteiger partial charge in [-0.25, -0.2) is 4.79 Å². The van der Waals surface area contributed by atoms with Crippen LogP contribution in [0.3, 0.4) is 0 Å². The lowest BCUT2D eigenvalue weighted by Gasteiger charge is -2.14. The number of benzene rings is 2. The zero-order chi connectivity index (χ0) is 20.2. The highest BCUT2D eigenvalue weighted by molar-refractivity contribution is 5.94. The molecule has 0 bridgehead atoms. The van der Waals surface area contributed by atoms with Crippen LogP contribution in [0.4, 0.5) is 26.3 Å². The number of carbonyl (C=O) groups excluding carboxylic acids is 1. The van der Waals surface area contributed by atoms with Gasteiger partial charge in [0.2, 0.25) is 0 Å². The summed E-state index contributed by atoms with van der Waals surface area (Å²) in [5.41, 5.74) is -0.171. The van der Waals surface area contributed by atoms with Gasteiger partial charge in [-0.3, -0.25) is 0 Å². The lowest BCUT2D eigenvalue weighted by atomic mass is 10.0. The molecule has 0 heterocycles. The molecular formula is C17H12F6O4. The molecule has 0 aliphatic rings. The summed E-state index contributed by atoms with van der Waals surface area (Å²) in [6.07, 6.45) is -9.94. The third-order valence-electron chi connectivity index (χ3n) is 3.10. The van der Waals surface area contributed by atoms with E-state index in [2.05, 4.69) is 9.47 Å². The van der Waals surface area contributed by atoms with E-state index in [1.807, 2.05) is 0 Å². The first-order valence-corrected chi connectivity index (χ1v) is 7.41. The Bertz CT molecular complexity index is 814. The van der Waals surface area contributed by atoms with Gasteiger partial charge in [-0.05, 0) is 42.3 Å².